The predicted octanol–water partition coefficient (Wildman–Crippen LogP) is 3.41. The maximum absolute atomic E-state index is 8.68. The number of hydrogen-bond acceptors (Lipinski definition) is 2. The van der Waals surface area contributed by atoms with Gasteiger partial charge in [-0.25, -0.2) is 4.99 Å². The fourth-order valence-corrected chi connectivity index (χ4v) is 2.28. The minimum absolute atomic E-state index is 0.0143. The van der Waals surface area contributed by atoms with Gasteiger partial charge in [-0.3, -0.25) is 0 Å². The highest BCUT2D eigenvalue weighted by molar-refractivity contribution is 5.96. The predicted molar refractivity (Wildman–Crippen MR) is 82.1 cm³/mol. The molecule has 0 radical (unpaired) electrons. The Morgan fingerprint density at radius 1 is 1.15 bits per heavy atom. The molecule has 3 heteroatoms. The molecule has 2 rings (SSSR count). The fraction of sp³-hybridized carbons (Fsp3) is 0.176. The number of aliphatic imine (C=N–C) groups is 1. The van der Waals surface area contributed by atoms with Gasteiger partial charge in [0.2, 0.25) is 5.84 Å². The number of hydrogen-bond donors (Lipinski definition) is 1. The van der Waals surface area contributed by atoms with Crippen molar-refractivity contribution in [2.24, 2.45) is 10.7 Å². The van der Waals surface area contributed by atoms with E-state index in [4.69, 9.17) is 11.0 Å². The lowest BCUT2D eigenvalue weighted by Crippen LogP contribution is -2.07. The van der Waals surface area contributed by atoms with Gasteiger partial charge in [-0.15, -0.1) is 0 Å². The van der Waals surface area contributed by atoms with Crippen LogP contribution in [0.4, 0.5) is 5.69 Å². The number of rotatable bonds is 3. The summed E-state index contributed by atoms with van der Waals surface area (Å²) in [6, 6.07) is 16.1. The summed E-state index contributed by atoms with van der Waals surface area (Å²) < 4.78 is 0. The normalized spacial score (nSPS) is 11.2. The third-order valence-electron chi connectivity index (χ3n) is 3.27. The quantitative estimate of drug-likeness (QED) is 0.681. The summed E-state index contributed by atoms with van der Waals surface area (Å²) >= 11 is 0. The molecule has 3 nitrogen and oxygen atoms in total. The highest BCUT2D eigenvalue weighted by atomic mass is 14.9. The summed E-state index contributed by atoms with van der Waals surface area (Å²) in [5.74, 6) is -0.0143. The molecule has 0 saturated carbocycles. The summed E-state index contributed by atoms with van der Waals surface area (Å²) in [5, 5.41) is 8.68. The van der Waals surface area contributed by atoms with E-state index in [0.29, 0.717) is 0 Å². The lowest BCUT2D eigenvalue weighted by Gasteiger charge is -2.11. The van der Waals surface area contributed by atoms with E-state index in [-0.39, 0.29) is 5.84 Å². The molecule has 0 spiro atoms. The Balaban J connectivity index is 2.35. The Morgan fingerprint density at radius 3 is 2.30 bits per heavy atom. The summed E-state index contributed by atoms with van der Waals surface area (Å²) in [7, 11) is 0. The highest BCUT2D eigenvalue weighted by Gasteiger charge is 2.06. The molecular formula is C17H17N3. The smallest absolute Gasteiger partial charge is 0.203 e. The molecule has 0 atom stereocenters. The Hall–Kier alpha value is -2.60. The van der Waals surface area contributed by atoms with Crippen LogP contribution in [-0.4, -0.2) is 5.84 Å². The summed E-state index contributed by atoms with van der Waals surface area (Å²) in [4.78, 5) is 4.08. The van der Waals surface area contributed by atoms with Crippen molar-refractivity contribution in [3.05, 3.63) is 64.7 Å². The van der Waals surface area contributed by atoms with E-state index in [1.54, 1.807) is 0 Å². The topological polar surface area (TPSA) is 62.2 Å². The zero-order chi connectivity index (χ0) is 14.5. The first-order valence-electron chi connectivity index (χ1n) is 6.48. The van der Waals surface area contributed by atoms with Crippen LogP contribution in [0.25, 0.3) is 0 Å². The van der Waals surface area contributed by atoms with Crippen LogP contribution in [0.2, 0.25) is 0 Å². The van der Waals surface area contributed by atoms with Gasteiger partial charge in [-0.1, -0.05) is 30.3 Å². The minimum atomic E-state index is -0.0143. The van der Waals surface area contributed by atoms with Crippen LogP contribution in [-0.2, 0) is 6.42 Å². The van der Waals surface area contributed by atoms with Gasteiger partial charge in [0.15, 0.2) is 0 Å². The van der Waals surface area contributed by atoms with Gasteiger partial charge in [0, 0.05) is 0 Å². The minimum Gasteiger partial charge on any atom is -0.375 e. The molecule has 0 bridgehead atoms. The molecule has 2 aromatic rings. The Labute approximate surface area is 119 Å². The van der Waals surface area contributed by atoms with Crippen LogP contribution in [0, 0.1) is 25.2 Å². The van der Waals surface area contributed by atoms with E-state index < -0.39 is 0 Å². The fourth-order valence-electron chi connectivity index (χ4n) is 2.28. The van der Waals surface area contributed by atoms with E-state index >= 15 is 0 Å². The standard InChI is InChI=1S/C17H17N3/c1-12-8-15(20-17(19)11-18)9-13(2)16(12)10-14-6-4-3-5-7-14/h3-9H,10H2,1-2H3,(H2,19,20). The first-order chi connectivity index (χ1) is 9.60. The van der Waals surface area contributed by atoms with Crippen molar-refractivity contribution in [3.63, 3.8) is 0 Å². The first-order valence-corrected chi connectivity index (χ1v) is 6.48. The number of nitrogens with zero attached hydrogens (tertiary/aromatic N) is 2. The second-order valence-electron chi connectivity index (χ2n) is 4.83. The molecule has 2 aromatic carbocycles. The molecule has 0 aliphatic heterocycles. The molecular weight excluding hydrogens is 246 g/mol. The van der Waals surface area contributed by atoms with Crippen molar-refractivity contribution < 1.29 is 0 Å². The van der Waals surface area contributed by atoms with E-state index in [1.165, 1.54) is 22.3 Å². The lowest BCUT2D eigenvalue weighted by atomic mass is 9.95. The lowest BCUT2D eigenvalue weighted by molar-refractivity contribution is 1.12. The van der Waals surface area contributed by atoms with Crippen LogP contribution in [0.15, 0.2) is 47.5 Å². The number of aryl methyl sites for hydroxylation is 2. The zero-order valence-corrected chi connectivity index (χ0v) is 11.7. The van der Waals surface area contributed by atoms with Crippen LogP contribution in [0.1, 0.15) is 22.3 Å². The maximum Gasteiger partial charge on any atom is 0.203 e. The number of nitrogens with two attached hydrogens (primary N) is 1. The van der Waals surface area contributed by atoms with E-state index in [9.17, 15) is 0 Å². The largest absolute Gasteiger partial charge is 0.375 e. The molecule has 20 heavy (non-hydrogen) atoms. The van der Waals surface area contributed by atoms with Gasteiger partial charge in [0.1, 0.15) is 6.07 Å². The third-order valence-corrected chi connectivity index (χ3v) is 3.27. The molecule has 0 aromatic heterocycles. The van der Waals surface area contributed by atoms with Crippen molar-refractivity contribution in [3.8, 4) is 6.07 Å². The van der Waals surface area contributed by atoms with Crippen molar-refractivity contribution >= 4 is 11.5 Å². The number of nitriles is 1. The van der Waals surface area contributed by atoms with Crippen molar-refractivity contribution in [2.45, 2.75) is 20.3 Å². The average molecular weight is 263 g/mol. The number of amidine groups is 1. The Kier molecular flexibility index (Phi) is 4.17. The Morgan fingerprint density at radius 2 is 1.75 bits per heavy atom. The van der Waals surface area contributed by atoms with Crippen molar-refractivity contribution in [1.29, 1.82) is 5.26 Å². The van der Waals surface area contributed by atoms with E-state index in [1.807, 2.05) is 36.4 Å². The summed E-state index contributed by atoms with van der Waals surface area (Å²) in [5.41, 5.74) is 11.1. The monoisotopic (exact) mass is 263 g/mol. The average Bonchev–Trinajstić information content (AvgIpc) is 2.44. The van der Waals surface area contributed by atoms with Gasteiger partial charge in [0.05, 0.1) is 5.69 Å². The molecule has 0 aliphatic rings. The van der Waals surface area contributed by atoms with Crippen LogP contribution >= 0.6 is 0 Å². The highest BCUT2D eigenvalue weighted by Crippen LogP contribution is 2.24. The van der Waals surface area contributed by atoms with Crippen LogP contribution in [0.5, 0.6) is 0 Å². The molecule has 0 saturated heterocycles. The van der Waals surface area contributed by atoms with Gasteiger partial charge < -0.3 is 5.73 Å². The first kappa shape index (κ1) is 13.8. The SMILES string of the molecule is Cc1cc(N=C(N)C#N)cc(C)c1Cc1ccccc1. The van der Waals surface area contributed by atoms with E-state index in [2.05, 4.69) is 31.0 Å². The van der Waals surface area contributed by atoms with Gasteiger partial charge >= 0.3 is 0 Å². The maximum atomic E-state index is 8.68. The van der Waals surface area contributed by atoms with Crippen molar-refractivity contribution in [1.82, 2.24) is 0 Å². The molecule has 0 heterocycles. The molecule has 100 valence electrons. The van der Waals surface area contributed by atoms with Crippen molar-refractivity contribution in [2.75, 3.05) is 0 Å². The molecule has 0 aliphatic carbocycles. The second-order valence-corrected chi connectivity index (χ2v) is 4.83. The molecule has 2 N–H and O–H groups in total. The molecule has 0 fully saturated rings. The van der Waals surface area contributed by atoms with Gasteiger partial charge in [-0.2, -0.15) is 5.26 Å². The summed E-state index contributed by atoms with van der Waals surface area (Å²) in [6.07, 6.45) is 0.899. The molecule has 0 unspecified atom stereocenters. The van der Waals surface area contributed by atoms with Gasteiger partial charge in [-0.05, 0) is 54.7 Å². The van der Waals surface area contributed by atoms with E-state index in [0.717, 1.165) is 12.1 Å². The number of benzene rings is 2. The second kappa shape index (κ2) is 6.03. The third kappa shape index (κ3) is 3.24. The molecule has 0 amide bonds. The Bertz CT molecular complexity index is 656. The van der Waals surface area contributed by atoms with Crippen LogP contribution in [0.3, 0.4) is 0 Å². The van der Waals surface area contributed by atoms with Gasteiger partial charge in [0.25, 0.3) is 0 Å². The zero-order valence-electron chi connectivity index (χ0n) is 11.7. The summed E-state index contributed by atoms with van der Waals surface area (Å²) in [6.45, 7) is 4.12. The van der Waals surface area contributed by atoms with Crippen LogP contribution < -0.4 is 5.73 Å².